The molecule has 1 aromatic carbocycles. The summed E-state index contributed by atoms with van der Waals surface area (Å²) in [6.07, 6.45) is 6.71. The van der Waals surface area contributed by atoms with Crippen molar-refractivity contribution in [1.29, 1.82) is 0 Å². The molecule has 0 radical (unpaired) electrons. The number of thiazole rings is 1. The van der Waals surface area contributed by atoms with Crippen molar-refractivity contribution in [2.45, 2.75) is 13.5 Å². The summed E-state index contributed by atoms with van der Waals surface area (Å²) in [7, 11) is 0. The molecule has 0 aliphatic rings. The molecule has 3 aromatic rings. The summed E-state index contributed by atoms with van der Waals surface area (Å²) in [5.41, 5.74) is 2.71. The maximum absolute atomic E-state index is 12.0. The van der Waals surface area contributed by atoms with Crippen molar-refractivity contribution in [3.8, 4) is 10.6 Å². The van der Waals surface area contributed by atoms with E-state index >= 15 is 0 Å². The molecule has 4 nitrogen and oxygen atoms in total. The molecule has 0 fully saturated rings. The van der Waals surface area contributed by atoms with Gasteiger partial charge in [-0.25, -0.2) is 4.98 Å². The maximum atomic E-state index is 12.0. The maximum Gasteiger partial charge on any atom is 0.244 e. The van der Waals surface area contributed by atoms with Crippen LogP contribution in [0, 0.1) is 6.92 Å². The molecule has 0 saturated carbocycles. The van der Waals surface area contributed by atoms with Gasteiger partial charge in [0.05, 0.1) is 12.2 Å². The minimum absolute atomic E-state index is 0.171. The van der Waals surface area contributed by atoms with E-state index in [1.807, 2.05) is 37.3 Å². The van der Waals surface area contributed by atoms with E-state index < -0.39 is 0 Å². The van der Waals surface area contributed by atoms with Gasteiger partial charge >= 0.3 is 0 Å². The molecular weight excluding hydrogens is 354 g/mol. The van der Waals surface area contributed by atoms with Crippen LogP contribution in [0.3, 0.4) is 0 Å². The van der Waals surface area contributed by atoms with E-state index in [4.69, 9.17) is 11.6 Å². The highest BCUT2D eigenvalue weighted by molar-refractivity contribution is 7.15. The second kappa shape index (κ2) is 8.05. The molecule has 0 spiro atoms. The summed E-state index contributed by atoms with van der Waals surface area (Å²) >= 11 is 7.63. The summed E-state index contributed by atoms with van der Waals surface area (Å²) in [5, 5.41) is 4.40. The average Bonchev–Trinajstić information content (AvgIpc) is 3.01. The molecule has 1 amide bonds. The van der Waals surface area contributed by atoms with Crippen molar-refractivity contribution in [3.05, 3.63) is 76.0 Å². The van der Waals surface area contributed by atoms with Crippen molar-refractivity contribution >= 4 is 34.9 Å². The average molecular weight is 370 g/mol. The summed E-state index contributed by atoms with van der Waals surface area (Å²) in [6, 6.07) is 11.2. The zero-order chi connectivity index (χ0) is 17.6. The third-order valence-electron chi connectivity index (χ3n) is 3.54. The summed E-state index contributed by atoms with van der Waals surface area (Å²) in [4.78, 5) is 21.7. The highest BCUT2D eigenvalue weighted by Gasteiger charge is 2.10. The van der Waals surface area contributed by atoms with Gasteiger partial charge in [0.1, 0.15) is 5.01 Å². The first kappa shape index (κ1) is 17.3. The first-order chi connectivity index (χ1) is 12.1. The molecule has 3 rings (SSSR count). The van der Waals surface area contributed by atoms with Crippen molar-refractivity contribution in [3.63, 3.8) is 0 Å². The van der Waals surface area contributed by atoms with Gasteiger partial charge in [0.25, 0.3) is 0 Å². The lowest BCUT2D eigenvalue weighted by Crippen LogP contribution is -2.20. The minimum atomic E-state index is -0.171. The number of halogens is 1. The number of amides is 1. The van der Waals surface area contributed by atoms with Gasteiger partial charge in [-0.15, -0.1) is 11.3 Å². The number of nitrogens with one attached hydrogen (secondary N) is 1. The van der Waals surface area contributed by atoms with Gasteiger partial charge in [-0.3, -0.25) is 9.78 Å². The third-order valence-corrected chi connectivity index (χ3v) is 5.09. The summed E-state index contributed by atoms with van der Waals surface area (Å²) in [6.45, 7) is 2.38. The fraction of sp³-hybridized carbons (Fsp3) is 0.105. The van der Waals surface area contributed by atoms with E-state index in [0.29, 0.717) is 11.6 Å². The summed E-state index contributed by atoms with van der Waals surface area (Å²) in [5.74, 6) is -0.171. The molecule has 2 heterocycles. The van der Waals surface area contributed by atoms with Gasteiger partial charge in [-0.2, -0.15) is 0 Å². The van der Waals surface area contributed by atoms with Gasteiger partial charge in [-0.05, 0) is 36.8 Å². The first-order valence-corrected chi connectivity index (χ1v) is 8.90. The Kier molecular flexibility index (Phi) is 5.58. The van der Waals surface area contributed by atoms with Gasteiger partial charge in [-0.1, -0.05) is 29.8 Å². The van der Waals surface area contributed by atoms with Crippen LogP contribution in [0.25, 0.3) is 16.6 Å². The fourth-order valence-electron chi connectivity index (χ4n) is 2.21. The van der Waals surface area contributed by atoms with E-state index in [0.717, 1.165) is 26.7 Å². The van der Waals surface area contributed by atoms with Crippen molar-refractivity contribution in [2.24, 2.45) is 0 Å². The fourth-order valence-corrected chi connectivity index (χ4v) is 3.40. The van der Waals surface area contributed by atoms with Gasteiger partial charge in [0.15, 0.2) is 0 Å². The lowest BCUT2D eigenvalue weighted by Gasteiger charge is -2.01. The van der Waals surface area contributed by atoms with E-state index in [1.165, 1.54) is 6.08 Å². The Morgan fingerprint density at radius 2 is 2.12 bits per heavy atom. The monoisotopic (exact) mass is 369 g/mol. The molecule has 0 atom stereocenters. The van der Waals surface area contributed by atoms with Crippen LogP contribution in [0.2, 0.25) is 5.02 Å². The second-order valence-electron chi connectivity index (χ2n) is 5.34. The van der Waals surface area contributed by atoms with Crippen LogP contribution >= 0.6 is 22.9 Å². The predicted molar refractivity (Wildman–Crippen MR) is 102 cm³/mol. The molecule has 1 N–H and O–H groups in total. The van der Waals surface area contributed by atoms with Crippen LogP contribution in [0.4, 0.5) is 0 Å². The van der Waals surface area contributed by atoms with Crippen molar-refractivity contribution < 1.29 is 4.79 Å². The van der Waals surface area contributed by atoms with Gasteiger partial charge in [0, 0.05) is 33.9 Å². The molecule has 0 bridgehead atoms. The number of carbonyl (C=O) groups excluding carboxylic acids is 1. The van der Waals surface area contributed by atoms with E-state index in [-0.39, 0.29) is 5.91 Å². The lowest BCUT2D eigenvalue weighted by atomic mass is 10.2. The molecule has 2 aromatic heterocycles. The number of carbonyl (C=O) groups is 1. The lowest BCUT2D eigenvalue weighted by molar-refractivity contribution is -0.116. The normalized spacial score (nSPS) is 11.0. The molecule has 6 heteroatoms. The van der Waals surface area contributed by atoms with Crippen molar-refractivity contribution in [2.75, 3.05) is 0 Å². The molecular formula is C19H16ClN3OS. The second-order valence-corrected chi connectivity index (χ2v) is 6.83. The number of benzene rings is 1. The Morgan fingerprint density at radius 1 is 1.28 bits per heavy atom. The predicted octanol–water partition coefficient (Wildman–Crippen LogP) is 4.50. The Morgan fingerprint density at radius 3 is 2.88 bits per heavy atom. The van der Waals surface area contributed by atoms with Crippen molar-refractivity contribution in [1.82, 2.24) is 15.3 Å². The molecule has 25 heavy (non-hydrogen) atoms. The Balaban J connectivity index is 1.63. The van der Waals surface area contributed by atoms with Crippen LogP contribution in [0.1, 0.15) is 16.1 Å². The minimum Gasteiger partial charge on any atom is -0.348 e. The third kappa shape index (κ3) is 4.53. The Hall–Kier alpha value is -2.50. The number of aromatic nitrogens is 2. The molecule has 0 aliphatic carbocycles. The topological polar surface area (TPSA) is 54.9 Å². The number of pyridine rings is 1. The Labute approximate surface area is 155 Å². The number of nitrogens with zero attached hydrogens (tertiary/aromatic N) is 2. The Bertz CT molecular complexity index is 906. The number of hydrogen-bond donors (Lipinski definition) is 1. The quantitative estimate of drug-likeness (QED) is 0.674. The van der Waals surface area contributed by atoms with Crippen LogP contribution in [-0.2, 0) is 11.3 Å². The molecule has 0 saturated heterocycles. The SMILES string of the molecule is Cc1nc(-c2cccnc2)sc1CNC(=O)/C=C/c1ccccc1Cl. The molecule has 126 valence electrons. The van der Waals surface area contributed by atoms with E-state index in [1.54, 1.807) is 35.9 Å². The van der Waals surface area contributed by atoms with Crippen LogP contribution in [-0.4, -0.2) is 15.9 Å². The van der Waals surface area contributed by atoms with E-state index in [9.17, 15) is 4.79 Å². The van der Waals surface area contributed by atoms with Gasteiger partial charge < -0.3 is 5.32 Å². The number of hydrogen-bond acceptors (Lipinski definition) is 4. The smallest absolute Gasteiger partial charge is 0.244 e. The summed E-state index contributed by atoms with van der Waals surface area (Å²) < 4.78 is 0. The standard InChI is InChI=1S/C19H16ClN3OS/c1-13-17(25-19(23-13)15-6-4-10-21-11-15)12-22-18(24)9-8-14-5-2-3-7-16(14)20/h2-11H,12H2,1H3,(H,22,24)/b9-8+. The van der Waals surface area contributed by atoms with E-state index in [2.05, 4.69) is 15.3 Å². The molecule has 0 unspecified atom stereocenters. The highest BCUT2D eigenvalue weighted by atomic mass is 35.5. The molecule has 0 aliphatic heterocycles. The zero-order valence-corrected chi connectivity index (χ0v) is 15.1. The largest absolute Gasteiger partial charge is 0.348 e. The van der Waals surface area contributed by atoms with Crippen LogP contribution in [0.15, 0.2) is 54.9 Å². The van der Waals surface area contributed by atoms with Gasteiger partial charge in [0.2, 0.25) is 5.91 Å². The van der Waals surface area contributed by atoms with Crippen LogP contribution < -0.4 is 5.32 Å². The first-order valence-electron chi connectivity index (χ1n) is 7.70. The zero-order valence-electron chi connectivity index (χ0n) is 13.6. The number of rotatable bonds is 5. The van der Waals surface area contributed by atoms with Crippen LogP contribution in [0.5, 0.6) is 0 Å². The highest BCUT2D eigenvalue weighted by Crippen LogP contribution is 2.27. The number of aryl methyl sites for hydroxylation is 1.